The zero-order valence-corrected chi connectivity index (χ0v) is 12.0. The molecule has 2 unspecified atom stereocenters. The maximum absolute atomic E-state index is 11.4. The van der Waals surface area contributed by atoms with E-state index in [9.17, 15) is 14.7 Å². The quantitative estimate of drug-likeness (QED) is 0.880. The third-order valence-corrected chi connectivity index (χ3v) is 4.01. The molecule has 0 saturated carbocycles. The zero-order valence-electron chi connectivity index (χ0n) is 12.0. The van der Waals surface area contributed by atoms with Gasteiger partial charge in [-0.25, -0.2) is 4.79 Å². The van der Waals surface area contributed by atoms with Crippen molar-refractivity contribution in [1.29, 1.82) is 0 Å². The molecule has 1 amide bonds. The van der Waals surface area contributed by atoms with Crippen LogP contribution in [0, 0.1) is 5.92 Å². The Hall–Kier alpha value is -2.08. The van der Waals surface area contributed by atoms with Crippen molar-refractivity contribution >= 4 is 12.1 Å². The Kier molecular flexibility index (Phi) is 4.80. The summed E-state index contributed by atoms with van der Waals surface area (Å²) in [5.74, 6) is -1.63. The monoisotopic (exact) mass is 292 g/mol. The molecular weight excluding hydrogens is 272 g/mol. The van der Waals surface area contributed by atoms with Gasteiger partial charge < -0.3 is 15.1 Å². The van der Waals surface area contributed by atoms with E-state index < -0.39 is 18.0 Å². The van der Waals surface area contributed by atoms with Crippen LogP contribution in [0.3, 0.4) is 0 Å². The highest BCUT2D eigenvalue weighted by atomic mass is 16.4. The Morgan fingerprint density at radius 1 is 1.29 bits per heavy atom. The SMILES string of the molecule is CN(Cc1ccccc1)C1CCN(C(=O)O)CC1C(=O)O. The van der Waals surface area contributed by atoms with Crippen molar-refractivity contribution in [1.82, 2.24) is 9.80 Å². The van der Waals surface area contributed by atoms with E-state index in [0.29, 0.717) is 19.5 Å². The molecule has 1 aromatic rings. The fraction of sp³-hybridized carbons (Fsp3) is 0.467. The van der Waals surface area contributed by atoms with Crippen LogP contribution in [0.1, 0.15) is 12.0 Å². The summed E-state index contributed by atoms with van der Waals surface area (Å²) in [6.07, 6.45) is -0.516. The highest BCUT2D eigenvalue weighted by Gasteiger charge is 2.38. The second-order valence-corrected chi connectivity index (χ2v) is 5.43. The first kappa shape index (κ1) is 15.3. The van der Waals surface area contributed by atoms with Crippen LogP contribution in [0.2, 0.25) is 0 Å². The van der Waals surface area contributed by atoms with Crippen molar-refractivity contribution in [3.05, 3.63) is 35.9 Å². The Morgan fingerprint density at radius 3 is 2.52 bits per heavy atom. The number of rotatable bonds is 4. The molecule has 1 fully saturated rings. The minimum Gasteiger partial charge on any atom is -0.481 e. The van der Waals surface area contributed by atoms with E-state index >= 15 is 0 Å². The minimum absolute atomic E-state index is 0.0501. The summed E-state index contributed by atoms with van der Waals surface area (Å²) in [6, 6.07) is 9.68. The maximum Gasteiger partial charge on any atom is 0.407 e. The molecule has 1 aromatic carbocycles. The van der Waals surface area contributed by atoms with Gasteiger partial charge in [-0.05, 0) is 19.0 Å². The molecule has 6 heteroatoms. The number of hydrogen-bond acceptors (Lipinski definition) is 3. The summed E-state index contributed by atoms with van der Waals surface area (Å²) in [6.45, 7) is 1.08. The number of nitrogens with zero attached hydrogens (tertiary/aromatic N) is 2. The number of piperidine rings is 1. The molecule has 1 aliphatic heterocycles. The average Bonchev–Trinajstić information content (AvgIpc) is 2.47. The van der Waals surface area contributed by atoms with E-state index in [2.05, 4.69) is 0 Å². The number of benzene rings is 1. The van der Waals surface area contributed by atoms with Crippen molar-refractivity contribution in [3.8, 4) is 0 Å². The summed E-state index contributed by atoms with van der Waals surface area (Å²) in [7, 11) is 1.89. The number of amides is 1. The molecule has 114 valence electrons. The molecule has 2 N–H and O–H groups in total. The summed E-state index contributed by atoms with van der Waals surface area (Å²) in [4.78, 5) is 25.6. The van der Waals surface area contributed by atoms with Crippen molar-refractivity contribution in [3.63, 3.8) is 0 Å². The predicted octanol–water partition coefficient (Wildman–Crippen LogP) is 1.57. The number of carboxylic acid groups (broad SMARTS) is 2. The van der Waals surface area contributed by atoms with Gasteiger partial charge in [-0.2, -0.15) is 0 Å². The zero-order chi connectivity index (χ0) is 15.4. The van der Waals surface area contributed by atoms with Gasteiger partial charge in [0.1, 0.15) is 0 Å². The first-order valence-electron chi connectivity index (χ1n) is 6.94. The molecule has 0 radical (unpaired) electrons. The van der Waals surface area contributed by atoms with Gasteiger partial charge in [-0.1, -0.05) is 30.3 Å². The van der Waals surface area contributed by atoms with Crippen LogP contribution in [-0.2, 0) is 11.3 Å². The molecule has 1 aliphatic rings. The van der Waals surface area contributed by atoms with E-state index in [-0.39, 0.29) is 12.6 Å². The number of likely N-dealkylation sites (tertiary alicyclic amines) is 1. The lowest BCUT2D eigenvalue weighted by Gasteiger charge is -2.39. The molecule has 1 saturated heterocycles. The summed E-state index contributed by atoms with van der Waals surface area (Å²) in [5, 5.41) is 18.4. The largest absolute Gasteiger partial charge is 0.481 e. The van der Waals surface area contributed by atoms with Crippen LogP contribution in [-0.4, -0.2) is 58.3 Å². The van der Waals surface area contributed by atoms with Crippen LogP contribution in [0.15, 0.2) is 30.3 Å². The third-order valence-electron chi connectivity index (χ3n) is 4.01. The van der Waals surface area contributed by atoms with Gasteiger partial charge in [-0.3, -0.25) is 9.69 Å². The van der Waals surface area contributed by atoms with E-state index in [1.165, 1.54) is 4.90 Å². The van der Waals surface area contributed by atoms with Crippen molar-refractivity contribution in [2.75, 3.05) is 20.1 Å². The lowest BCUT2D eigenvalue weighted by Crippen LogP contribution is -2.53. The smallest absolute Gasteiger partial charge is 0.407 e. The predicted molar refractivity (Wildman–Crippen MR) is 77.0 cm³/mol. The fourth-order valence-corrected chi connectivity index (χ4v) is 2.87. The molecule has 1 heterocycles. The van der Waals surface area contributed by atoms with E-state index in [0.717, 1.165) is 5.56 Å². The Labute approximate surface area is 123 Å². The van der Waals surface area contributed by atoms with Crippen LogP contribution in [0.4, 0.5) is 4.79 Å². The molecule has 2 atom stereocenters. The van der Waals surface area contributed by atoms with Crippen molar-refractivity contribution < 1.29 is 19.8 Å². The lowest BCUT2D eigenvalue weighted by atomic mass is 9.91. The molecule has 21 heavy (non-hydrogen) atoms. The highest BCUT2D eigenvalue weighted by Crippen LogP contribution is 2.23. The Balaban J connectivity index is 2.06. The Bertz CT molecular complexity index is 506. The molecule has 0 aromatic heterocycles. The third kappa shape index (κ3) is 3.72. The average molecular weight is 292 g/mol. The van der Waals surface area contributed by atoms with E-state index in [4.69, 9.17) is 5.11 Å². The van der Waals surface area contributed by atoms with Gasteiger partial charge in [0.25, 0.3) is 0 Å². The first-order valence-corrected chi connectivity index (χ1v) is 6.94. The maximum atomic E-state index is 11.4. The minimum atomic E-state index is -1.05. The van der Waals surface area contributed by atoms with E-state index in [1.54, 1.807) is 0 Å². The molecule has 0 bridgehead atoms. The van der Waals surface area contributed by atoms with Crippen molar-refractivity contribution in [2.24, 2.45) is 5.92 Å². The second-order valence-electron chi connectivity index (χ2n) is 5.43. The normalized spacial score (nSPS) is 22.3. The molecule has 2 rings (SSSR count). The van der Waals surface area contributed by atoms with Crippen LogP contribution in [0.25, 0.3) is 0 Å². The summed E-state index contributed by atoms with van der Waals surface area (Å²) in [5.41, 5.74) is 1.12. The van der Waals surface area contributed by atoms with E-state index in [1.807, 2.05) is 42.3 Å². The Morgan fingerprint density at radius 2 is 1.95 bits per heavy atom. The van der Waals surface area contributed by atoms with Gasteiger partial charge >= 0.3 is 12.1 Å². The summed E-state index contributed by atoms with van der Waals surface area (Å²) >= 11 is 0. The van der Waals surface area contributed by atoms with Gasteiger partial charge in [0, 0.05) is 25.7 Å². The van der Waals surface area contributed by atoms with Gasteiger partial charge in [0.15, 0.2) is 0 Å². The van der Waals surface area contributed by atoms with Crippen LogP contribution < -0.4 is 0 Å². The number of carboxylic acids is 1. The van der Waals surface area contributed by atoms with Crippen LogP contribution >= 0.6 is 0 Å². The molecular formula is C15H20N2O4. The standard InChI is InChI=1S/C15H20N2O4/c1-16(9-11-5-3-2-4-6-11)13-7-8-17(15(20)21)10-12(13)14(18)19/h2-6,12-13H,7-10H2,1H3,(H,18,19)(H,20,21). The highest BCUT2D eigenvalue weighted by molar-refractivity contribution is 5.73. The molecule has 0 spiro atoms. The van der Waals surface area contributed by atoms with Gasteiger partial charge in [-0.15, -0.1) is 0 Å². The number of carbonyl (C=O) groups is 2. The van der Waals surface area contributed by atoms with Crippen molar-refractivity contribution in [2.45, 2.75) is 19.0 Å². The molecule has 0 aliphatic carbocycles. The van der Waals surface area contributed by atoms with Crippen LogP contribution in [0.5, 0.6) is 0 Å². The topological polar surface area (TPSA) is 81.1 Å². The number of hydrogen-bond donors (Lipinski definition) is 2. The van der Waals surface area contributed by atoms with Gasteiger partial charge in [0.05, 0.1) is 5.92 Å². The fourth-order valence-electron chi connectivity index (χ4n) is 2.87. The number of aliphatic carboxylic acids is 1. The van der Waals surface area contributed by atoms with Gasteiger partial charge in [0.2, 0.25) is 0 Å². The lowest BCUT2D eigenvalue weighted by molar-refractivity contribution is -0.146. The second kappa shape index (κ2) is 6.58. The summed E-state index contributed by atoms with van der Waals surface area (Å²) < 4.78 is 0. The first-order chi connectivity index (χ1) is 9.99. The molecule has 6 nitrogen and oxygen atoms in total.